The lowest BCUT2D eigenvalue weighted by Crippen LogP contribution is -2.35. The molecular weight excluding hydrogens is 456 g/mol. The number of amidine groups is 1. The molecule has 1 fully saturated rings. The van der Waals surface area contributed by atoms with E-state index in [1.165, 1.54) is 49.3 Å². The molecule has 2 amide bonds. The minimum atomic E-state index is -3.58. The summed E-state index contributed by atoms with van der Waals surface area (Å²) in [5, 5.41) is 7.02. The molecule has 0 saturated carbocycles. The molecule has 1 atom stereocenters. The SMILES string of the molecule is CC1CN(C(=O)CCNC(=O)c2ccsc2)C(=Nc2cccc(S(=O)(=O)N(C)C)c2)S1. The Morgan fingerprint density at radius 3 is 2.74 bits per heavy atom. The standard InChI is InChI=1S/C20H24N4O4S3/c1-14-12-24(18(25)7-9-21-19(26)15-8-10-29-13-15)20(30-14)22-16-5-4-6-17(11-16)31(27,28)23(2)3/h4-6,8,10-11,13-14H,7,9,12H2,1-3H3,(H,21,26). The Morgan fingerprint density at radius 1 is 1.29 bits per heavy atom. The van der Waals surface area contributed by atoms with E-state index in [1.807, 2.05) is 12.3 Å². The molecule has 0 radical (unpaired) electrons. The van der Waals surface area contributed by atoms with E-state index in [4.69, 9.17) is 0 Å². The van der Waals surface area contributed by atoms with Gasteiger partial charge in [0, 0.05) is 49.8 Å². The van der Waals surface area contributed by atoms with Gasteiger partial charge in [0.25, 0.3) is 5.91 Å². The molecule has 0 spiro atoms. The summed E-state index contributed by atoms with van der Waals surface area (Å²) in [5.41, 5.74) is 1.04. The van der Waals surface area contributed by atoms with Crippen LogP contribution in [0.5, 0.6) is 0 Å². The lowest BCUT2D eigenvalue weighted by molar-refractivity contribution is -0.126. The maximum atomic E-state index is 12.8. The fourth-order valence-corrected chi connectivity index (χ4v) is 5.48. The van der Waals surface area contributed by atoms with Crippen LogP contribution in [-0.2, 0) is 14.8 Å². The largest absolute Gasteiger partial charge is 0.351 e. The Balaban J connectivity index is 1.70. The van der Waals surface area contributed by atoms with E-state index in [0.717, 1.165) is 4.31 Å². The average molecular weight is 481 g/mol. The second-order valence-electron chi connectivity index (χ2n) is 7.13. The van der Waals surface area contributed by atoms with Crippen LogP contribution in [0.2, 0.25) is 0 Å². The van der Waals surface area contributed by atoms with E-state index in [2.05, 4.69) is 10.3 Å². The van der Waals surface area contributed by atoms with Gasteiger partial charge >= 0.3 is 0 Å². The first-order valence-corrected chi connectivity index (χ1v) is 12.8. The minimum absolute atomic E-state index is 0.140. The van der Waals surface area contributed by atoms with Gasteiger partial charge in [-0.1, -0.05) is 24.8 Å². The summed E-state index contributed by atoms with van der Waals surface area (Å²) < 4.78 is 25.9. The number of nitrogens with one attached hydrogen (secondary N) is 1. The highest BCUT2D eigenvalue weighted by Crippen LogP contribution is 2.29. The first-order valence-electron chi connectivity index (χ1n) is 9.57. The van der Waals surface area contributed by atoms with Gasteiger partial charge in [0.1, 0.15) is 0 Å². The fraction of sp³-hybridized carbons (Fsp3) is 0.350. The number of hydrogen-bond acceptors (Lipinski definition) is 7. The van der Waals surface area contributed by atoms with Crippen LogP contribution < -0.4 is 5.32 Å². The Hall–Kier alpha value is -2.21. The highest BCUT2D eigenvalue weighted by atomic mass is 32.2. The van der Waals surface area contributed by atoms with Crippen LogP contribution in [0.25, 0.3) is 0 Å². The van der Waals surface area contributed by atoms with Crippen molar-refractivity contribution >= 4 is 55.8 Å². The van der Waals surface area contributed by atoms with E-state index in [0.29, 0.717) is 23.0 Å². The zero-order chi connectivity index (χ0) is 22.6. The van der Waals surface area contributed by atoms with Gasteiger partial charge in [0.15, 0.2) is 5.17 Å². The predicted octanol–water partition coefficient (Wildman–Crippen LogP) is 2.77. The Bertz CT molecular complexity index is 1080. The molecule has 3 rings (SSSR count). The maximum absolute atomic E-state index is 12.8. The number of aliphatic imine (C=N–C) groups is 1. The Kier molecular flexibility index (Phi) is 7.52. The number of rotatable bonds is 7. The van der Waals surface area contributed by atoms with Gasteiger partial charge in [-0.05, 0) is 29.6 Å². The summed E-state index contributed by atoms with van der Waals surface area (Å²) in [5.74, 6) is -0.343. The summed E-state index contributed by atoms with van der Waals surface area (Å²) in [6.45, 7) is 2.74. The second kappa shape index (κ2) is 9.94. The molecule has 1 aliphatic heterocycles. The first-order chi connectivity index (χ1) is 14.7. The van der Waals surface area contributed by atoms with Gasteiger partial charge < -0.3 is 5.32 Å². The van der Waals surface area contributed by atoms with Crippen molar-refractivity contribution in [3.63, 3.8) is 0 Å². The van der Waals surface area contributed by atoms with Crippen molar-refractivity contribution in [3.05, 3.63) is 46.7 Å². The molecular formula is C20H24N4O4S3. The summed E-state index contributed by atoms with van der Waals surface area (Å²) in [6.07, 6.45) is 0.150. The molecule has 8 nitrogen and oxygen atoms in total. The van der Waals surface area contributed by atoms with E-state index in [-0.39, 0.29) is 34.9 Å². The van der Waals surface area contributed by atoms with Crippen molar-refractivity contribution in [3.8, 4) is 0 Å². The smallest absolute Gasteiger partial charge is 0.252 e. The third kappa shape index (κ3) is 5.73. The second-order valence-corrected chi connectivity index (χ2v) is 11.5. The molecule has 11 heteroatoms. The molecule has 1 saturated heterocycles. The van der Waals surface area contributed by atoms with Crippen LogP contribution in [0.4, 0.5) is 5.69 Å². The van der Waals surface area contributed by atoms with Crippen LogP contribution in [0.3, 0.4) is 0 Å². The van der Waals surface area contributed by atoms with E-state index >= 15 is 0 Å². The molecule has 1 aromatic carbocycles. The number of amides is 2. The maximum Gasteiger partial charge on any atom is 0.252 e. The third-order valence-corrected chi connectivity index (χ3v) is 8.08. The van der Waals surface area contributed by atoms with Crippen LogP contribution in [-0.4, -0.2) is 67.0 Å². The number of benzene rings is 1. The topological polar surface area (TPSA) is 99.1 Å². The van der Waals surface area contributed by atoms with Crippen molar-refractivity contribution in [2.75, 3.05) is 27.2 Å². The third-order valence-electron chi connectivity index (χ3n) is 4.51. The number of nitrogens with zero attached hydrogens (tertiary/aromatic N) is 3. The predicted molar refractivity (Wildman–Crippen MR) is 124 cm³/mol. The monoisotopic (exact) mass is 480 g/mol. The molecule has 2 aromatic rings. The van der Waals surface area contributed by atoms with Crippen molar-refractivity contribution < 1.29 is 18.0 Å². The molecule has 1 aliphatic rings. The lowest BCUT2D eigenvalue weighted by Gasteiger charge is -2.16. The molecule has 1 N–H and O–H groups in total. The Morgan fingerprint density at radius 2 is 2.06 bits per heavy atom. The number of thiophene rings is 1. The van der Waals surface area contributed by atoms with Crippen LogP contribution in [0.15, 0.2) is 51.0 Å². The minimum Gasteiger partial charge on any atom is -0.351 e. The highest BCUT2D eigenvalue weighted by Gasteiger charge is 2.30. The number of sulfonamides is 1. The van der Waals surface area contributed by atoms with Gasteiger partial charge in [0.05, 0.1) is 10.6 Å². The van der Waals surface area contributed by atoms with E-state index < -0.39 is 10.0 Å². The number of thioether (sulfide) groups is 1. The van der Waals surface area contributed by atoms with Gasteiger partial charge in [-0.2, -0.15) is 11.3 Å². The molecule has 0 bridgehead atoms. The van der Waals surface area contributed by atoms with Gasteiger partial charge in [0.2, 0.25) is 15.9 Å². The molecule has 2 heterocycles. The van der Waals surface area contributed by atoms with Crippen molar-refractivity contribution in [1.82, 2.24) is 14.5 Å². The van der Waals surface area contributed by atoms with Gasteiger partial charge in [-0.25, -0.2) is 17.7 Å². The van der Waals surface area contributed by atoms with Crippen molar-refractivity contribution in [2.45, 2.75) is 23.5 Å². The van der Waals surface area contributed by atoms with E-state index in [1.54, 1.807) is 28.5 Å². The van der Waals surface area contributed by atoms with E-state index in [9.17, 15) is 18.0 Å². The van der Waals surface area contributed by atoms with Crippen LogP contribution in [0, 0.1) is 0 Å². The summed E-state index contributed by atoms with van der Waals surface area (Å²) in [4.78, 5) is 31.1. The van der Waals surface area contributed by atoms with Crippen LogP contribution in [0.1, 0.15) is 23.7 Å². The number of hydrogen-bond donors (Lipinski definition) is 1. The molecule has 1 unspecified atom stereocenters. The molecule has 166 valence electrons. The Labute approximate surface area is 190 Å². The fourth-order valence-electron chi connectivity index (χ4n) is 2.86. The van der Waals surface area contributed by atoms with Gasteiger partial charge in [-0.3, -0.25) is 14.5 Å². The average Bonchev–Trinajstić information content (AvgIpc) is 3.38. The normalized spacial score (nSPS) is 18.0. The number of carbonyl (C=O) groups is 2. The van der Waals surface area contributed by atoms with Crippen molar-refractivity contribution in [1.29, 1.82) is 0 Å². The quantitative estimate of drug-likeness (QED) is 0.657. The number of carbonyl (C=O) groups excluding carboxylic acids is 2. The highest BCUT2D eigenvalue weighted by molar-refractivity contribution is 8.14. The molecule has 0 aliphatic carbocycles. The summed E-state index contributed by atoms with van der Waals surface area (Å²) >= 11 is 2.90. The summed E-state index contributed by atoms with van der Waals surface area (Å²) in [7, 11) is -0.631. The zero-order valence-electron chi connectivity index (χ0n) is 17.4. The molecule has 1 aromatic heterocycles. The van der Waals surface area contributed by atoms with Crippen LogP contribution >= 0.6 is 23.1 Å². The summed E-state index contributed by atoms with van der Waals surface area (Å²) in [6, 6.07) is 8.08. The first kappa shape index (κ1) is 23.5. The lowest BCUT2D eigenvalue weighted by atomic mass is 10.3. The van der Waals surface area contributed by atoms with Crippen molar-refractivity contribution in [2.24, 2.45) is 4.99 Å². The zero-order valence-corrected chi connectivity index (χ0v) is 19.9. The van der Waals surface area contributed by atoms with Gasteiger partial charge in [-0.15, -0.1) is 0 Å². The molecule has 31 heavy (non-hydrogen) atoms.